The zero-order chi connectivity index (χ0) is 14.9. The third-order valence-electron chi connectivity index (χ3n) is 3.25. The van der Waals surface area contributed by atoms with E-state index >= 15 is 0 Å². The molecule has 1 aromatic carbocycles. The van der Waals surface area contributed by atoms with Gasteiger partial charge >= 0.3 is 0 Å². The highest BCUT2D eigenvalue weighted by Crippen LogP contribution is 2.11. The Bertz CT molecular complexity index is 506. The Balaban J connectivity index is 1.65. The maximum atomic E-state index is 4.42. The van der Waals surface area contributed by atoms with Gasteiger partial charge in [0.2, 0.25) is 5.82 Å². The highest BCUT2D eigenvalue weighted by Gasteiger charge is 2.04. The minimum atomic E-state index is 0.703. The fraction of sp³-hybridized carbons (Fsp3) is 0.562. The Labute approximate surface area is 126 Å². The number of unbranched alkanes of at least 4 members (excludes halogenated alkanes) is 2. The molecule has 5 heteroatoms. The fourth-order valence-electron chi connectivity index (χ4n) is 2.11. The van der Waals surface area contributed by atoms with Crippen LogP contribution in [0.1, 0.15) is 33.1 Å². The number of nitrogens with one attached hydrogen (secondary N) is 1. The van der Waals surface area contributed by atoms with Gasteiger partial charge in [-0.25, -0.2) is 0 Å². The predicted octanol–water partition coefficient (Wildman–Crippen LogP) is 2.76. The molecule has 1 N–H and O–H groups in total. The summed E-state index contributed by atoms with van der Waals surface area (Å²) in [6.45, 7) is 7.49. The summed E-state index contributed by atoms with van der Waals surface area (Å²) < 4.78 is 0. The van der Waals surface area contributed by atoms with Gasteiger partial charge in [-0.15, -0.1) is 10.2 Å². The number of tetrazole rings is 1. The lowest BCUT2D eigenvalue weighted by Crippen LogP contribution is -2.20. The van der Waals surface area contributed by atoms with Crippen LogP contribution in [0.2, 0.25) is 0 Å². The minimum Gasteiger partial charge on any atom is -0.316 e. The summed E-state index contributed by atoms with van der Waals surface area (Å²) in [4.78, 5) is 1.70. The Morgan fingerprint density at radius 2 is 1.90 bits per heavy atom. The van der Waals surface area contributed by atoms with Crippen molar-refractivity contribution in [1.29, 1.82) is 0 Å². The van der Waals surface area contributed by atoms with E-state index < -0.39 is 0 Å². The molecule has 0 radical (unpaired) electrons. The lowest BCUT2D eigenvalue weighted by Gasteiger charge is -2.06. The van der Waals surface area contributed by atoms with Gasteiger partial charge in [0.05, 0.1) is 6.54 Å². The maximum Gasteiger partial charge on any atom is 0.204 e. The van der Waals surface area contributed by atoms with Crippen LogP contribution >= 0.6 is 0 Å². The van der Waals surface area contributed by atoms with Crippen LogP contribution in [-0.2, 0) is 6.54 Å². The zero-order valence-corrected chi connectivity index (χ0v) is 13.0. The molecule has 0 bridgehead atoms. The van der Waals surface area contributed by atoms with E-state index in [-0.39, 0.29) is 0 Å². The van der Waals surface area contributed by atoms with Crippen molar-refractivity contribution in [2.24, 2.45) is 5.92 Å². The SMILES string of the molecule is CC(C)CNCCCCCn1nnc(-c2ccccc2)n1. The summed E-state index contributed by atoms with van der Waals surface area (Å²) in [5.74, 6) is 1.43. The van der Waals surface area contributed by atoms with Crippen LogP contribution in [0.4, 0.5) is 0 Å². The number of nitrogens with zero attached hydrogens (tertiary/aromatic N) is 4. The van der Waals surface area contributed by atoms with Crippen molar-refractivity contribution in [1.82, 2.24) is 25.5 Å². The van der Waals surface area contributed by atoms with Crippen molar-refractivity contribution in [3.8, 4) is 11.4 Å². The molecule has 0 saturated carbocycles. The average Bonchev–Trinajstić information content (AvgIpc) is 2.96. The monoisotopic (exact) mass is 287 g/mol. The second kappa shape index (κ2) is 8.52. The molecule has 1 aromatic heterocycles. The smallest absolute Gasteiger partial charge is 0.204 e. The first-order valence-electron chi connectivity index (χ1n) is 7.79. The predicted molar refractivity (Wildman–Crippen MR) is 84.8 cm³/mol. The topological polar surface area (TPSA) is 55.6 Å². The molecule has 0 saturated heterocycles. The van der Waals surface area contributed by atoms with Gasteiger partial charge in [-0.3, -0.25) is 0 Å². The first kappa shape index (κ1) is 15.6. The minimum absolute atomic E-state index is 0.703. The maximum absolute atomic E-state index is 4.42. The van der Waals surface area contributed by atoms with Gasteiger partial charge in [0.1, 0.15) is 0 Å². The second-order valence-electron chi connectivity index (χ2n) is 5.73. The third kappa shape index (κ3) is 5.63. The molecule has 0 aliphatic heterocycles. The molecule has 2 aromatic rings. The zero-order valence-electron chi connectivity index (χ0n) is 13.0. The van der Waals surface area contributed by atoms with Crippen molar-refractivity contribution in [2.45, 2.75) is 39.7 Å². The third-order valence-corrected chi connectivity index (χ3v) is 3.25. The Hall–Kier alpha value is -1.75. The number of aryl methyl sites for hydroxylation is 1. The largest absolute Gasteiger partial charge is 0.316 e. The molecule has 5 nitrogen and oxygen atoms in total. The summed E-state index contributed by atoms with van der Waals surface area (Å²) >= 11 is 0. The molecule has 114 valence electrons. The lowest BCUT2D eigenvalue weighted by atomic mass is 10.2. The molecule has 0 amide bonds. The normalized spacial score (nSPS) is 11.2. The molecule has 1 heterocycles. The molecule has 0 aliphatic carbocycles. The number of hydrogen-bond donors (Lipinski definition) is 1. The summed E-state index contributed by atoms with van der Waals surface area (Å²) in [5, 5.41) is 16.1. The van der Waals surface area contributed by atoms with Gasteiger partial charge < -0.3 is 5.32 Å². The molecule has 0 unspecified atom stereocenters. The van der Waals surface area contributed by atoms with E-state index in [0.29, 0.717) is 5.82 Å². The Morgan fingerprint density at radius 3 is 2.67 bits per heavy atom. The molecule has 0 spiro atoms. The number of hydrogen-bond acceptors (Lipinski definition) is 4. The van der Waals surface area contributed by atoms with Gasteiger partial charge in [-0.05, 0) is 37.1 Å². The molecular weight excluding hydrogens is 262 g/mol. The van der Waals surface area contributed by atoms with Crippen LogP contribution < -0.4 is 5.32 Å². The van der Waals surface area contributed by atoms with Crippen molar-refractivity contribution in [2.75, 3.05) is 13.1 Å². The second-order valence-corrected chi connectivity index (χ2v) is 5.73. The molecular formula is C16H25N5. The van der Waals surface area contributed by atoms with Crippen LogP contribution in [-0.4, -0.2) is 33.3 Å². The van der Waals surface area contributed by atoms with Gasteiger partial charge in [-0.1, -0.05) is 50.6 Å². The standard InChI is InChI=1S/C16H25N5/c1-14(2)13-17-11-7-4-8-12-21-19-16(18-20-21)15-9-5-3-6-10-15/h3,5-6,9-10,14,17H,4,7-8,11-13H2,1-2H3. The summed E-state index contributed by atoms with van der Waals surface area (Å²) in [7, 11) is 0. The van der Waals surface area contributed by atoms with Crippen LogP contribution in [0.3, 0.4) is 0 Å². The van der Waals surface area contributed by atoms with Crippen LogP contribution in [0.5, 0.6) is 0 Å². The van der Waals surface area contributed by atoms with Crippen molar-refractivity contribution >= 4 is 0 Å². The number of benzene rings is 1. The van der Waals surface area contributed by atoms with Crippen molar-refractivity contribution in [3.05, 3.63) is 30.3 Å². The molecule has 0 atom stereocenters. The molecule has 2 rings (SSSR count). The van der Waals surface area contributed by atoms with Crippen molar-refractivity contribution in [3.63, 3.8) is 0 Å². The van der Waals surface area contributed by atoms with Gasteiger partial charge in [0, 0.05) is 5.56 Å². The number of aromatic nitrogens is 4. The van der Waals surface area contributed by atoms with Crippen LogP contribution in [0.25, 0.3) is 11.4 Å². The summed E-state index contributed by atoms with van der Waals surface area (Å²) in [6, 6.07) is 9.96. The average molecular weight is 287 g/mol. The fourth-order valence-corrected chi connectivity index (χ4v) is 2.11. The van der Waals surface area contributed by atoms with E-state index in [2.05, 4.69) is 34.6 Å². The van der Waals surface area contributed by atoms with E-state index in [1.165, 1.54) is 12.8 Å². The lowest BCUT2D eigenvalue weighted by molar-refractivity contribution is 0.470. The van der Waals surface area contributed by atoms with Crippen LogP contribution in [0.15, 0.2) is 30.3 Å². The van der Waals surface area contributed by atoms with E-state index in [9.17, 15) is 0 Å². The van der Waals surface area contributed by atoms with Gasteiger partial charge in [0.25, 0.3) is 0 Å². The van der Waals surface area contributed by atoms with E-state index in [4.69, 9.17) is 0 Å². The summed E-state index contributed by atoms with van der Waals surface area (Å²) in [5.41, 5.74) is 1.02. The van der Waals surface area contributed by atoms with Gasteiger partial charge in [-0.2, -0.15) is 4.80 Å². The Kier molecular flexibility index (Phi) is 6.34. The van der Waals surface area contributed by atoms with E-state index in [0.717, 1.165) is 37.5 Å². The first-order valence-corrected chi connectivity index (χ1v) is 7.79. The quantitative estimate of drug-likeness (QED) is 0.721. The summed E-state index contributed by atoms with van der Waals surface area (Å²) in [6.07, 6.45) is 3.48. The highest BCUT2D eigenvalue weighted by molar-refractivity contribution is 5.52. The number of rotatable bonds is 9. The Morgan fingerprint density at radius 1 is 1.10 bits per heavy atom. The molecule has 21 heavy (non-hydrogen) atoms. The van der Waals surface area contributed by atoms with Gasteiger partial charge in [0.15, 0.2) is 0 Å². The van der Waals surface area contributed by atoms with E-state index in [1.807, 2.05) is 30.3 Å². The highest BCUT2D eigenvalue weighted by atomic mass is 15.6. The first-order chi connectivity index (χ1) is 10.3. The molecule has 0 aliphatic rings. The molecule has 0 fully saturated rings. The van der Waals surface area contributed by atoms with E-state index in [1.54, 1.807) is 4.80 Å². The van der Waals surface area contributed by atoms with Crippen LogP contribution in [0, 0.1) is 5.92 Å². The van der Waals surface area contributed by atoms with Crippen molar-refractivity contribution < 1.29 is 0 Å².